The van der Waals surface area contributed by atoms with Crippen molar-refractivity contribution in [3.63, 3.8) is 0 Å². The van der Waals surface area contributed by atoms with Gasteiger partial charge in [-0.25, -0.2) is 4.79 Å². The molecule has 0 aliphatic carbocycles. The van der Waals surface area contributed by atoms with E-state index in [-0.39, 0.29) is 11.5 Å². The zero-order valence-electron chi connectivity index (χ0n) is 10.9. The van der Waals surface area contributed by atoms with Gasteiger partial charge in [0.25, 0.3) is 0 Å². The molecule has 1 N–H and O–H groups in total. The summed E-state index contributed by atoms with van der Waals surface area (Å²) in [7, 11) is 0. The zero-order chi connectivity index (χ0) is 12.5. The summed E-state index contributed by atoms with van der Waals surface area (Å²) in [5.74, 6) is 0. The lowest BCUT2D eigenvalue weighted by Crippen LogP contribution is -2.60. The van der Waals surface area contributed by atoms with Gasteiger partial charge < -0.3 is 19.7 Å². The maximum atomic E-state index is 12.0. The molecule has 2 fully saturated rings. The van der Waals surface area contributed by atoms with Crippen LogP contribution >= 0.6 is 0 Å². The Bertz CT molecular complexity index is 295. The van der Waals surface area contributed by atoms with Gasteiger partial charge in [-0.15, -0.1) is 0 Å². The maximum Gasteiger partial charge on any atom is 0.410 e. The van der Waals surface area contributed by atoms with E-state index < -0.39 is 5.60 Å². The van der Waals surface area contributed by atoms with Crippen LogP contribution in [0.1, 0.15) is 20.8 Å². The van der Waals surface area contributed by atoms with Gasteiger partial charge >= 0.3 is 6.09 Å². The Morgan fingerprint density at radius 3 is 2.65 bits per heavy atom. The largest absolute Gasteiger partial charge is 0.444 e. The van der Waals surface area contributed by atoms with Crippen molar-refractivity contribution in [2.24, 2.45) is 5.41 Å². The molecular formula is C12H22N2O3. The summed E-state index contributed by atoms with van der Waals surface area (Å²) in [5.41, 5.74) is -0.331. The highest BCUT2D eigenvalue weighted by molar-refractivity contribution is 5.68. The molecule has 2 heterocycles. The fraction of sp³-hybridized carbons (Fsp3) is 0.917. The first kappa shape index (κ1) is 12.6. The molecule has 0 aromatic carbocycles. The van der Waals surface area contributed by atoms with Crippen molar-refractivity contribution >= 4 is 6.09 Å². The lowest BCUT2D eigenvalue weighted by atomic mass is 9.82. The normalized spacial score (nSPS) is 24.1. The molecule has 0 aromatic heterocycles. The molecular weight excluding hydrogens is 220 g/mol. The second-order valence-electron chi connectivity index (χ2n) is 6.06. The fourth-order valence-corrected chi connectivity index (χ4v) is 2.17. The van der Waals surface area contributed by atoms with Crippen molar-refractivity contribution in [2.75, 3.05) is 39.4 Å². The van der Waals surface area contributed by atoms with E-state index in [1.807, 2.05) is 20.8 Å². The molecule has 5 heteroatoms. The van der Waals surface area contributed by atoms with E-state index in [9.17, 15) is 4.79 Å². The molecule has 0 radical (unpaired) electrons. The molecule has 17 heavy (non-hydrogen) atoms. The van der Waals surface area contributed by atoms with Gasteiger partial charge in [-0.1, -0.05) is 0 Å². The van der Waals surface area contributed by atoms with E-state index >= 15 is 0 Å². The van der Waals surface area contributed by atoms with Crippen molar-refractivity contribution < 1.29 is 14.3 Å². The molecule has 0 saturated carbocycles. The number of hydrogen-bond acceptors (Lipinski definition) is 4. The van der Waals surface area contributed by atoms with Crippen LogP contribution in [0, 0.1) is 5.41 Å². The number of ether oxygens (including phenoxy) is 2. The Balaban J connectivity index is 1.97. The van der Waals surface area contributed by atoms with E-state index in [0.29, 0.717) is 13.2 Å². The van der Waals surface area contributed by atoms with Crippen LogP contribution < -0.4 is 5.32 Å². The van der Waals surface area contributed by atoms with Crippen LogP contribution in [0.2, 0.25) is 0 Å². The third-order valence-corrected chi connectivity index (χ3v) is 3.09. The fourth-order valence-electron chi connectivity index (χ4n) is 2.17. The summed E-state index contributed by atoms with van der Waals surface area (Å²) in [4.78, 5) is 13.8. The Kier molecular flexibility index (Phi) is 3.32. The molecule has 0 atom stereocenters. The number of nitrogens with zero attached hydrogens (tertiary/aromatic N) is 1. The van der Waals surface area contributed by atoms with E-state index in [0.717, 1.165) is 26.2 Å². The van der Waals surface area contributed by atoms with Crippen molar-refractivity contribution in [3.05, 3.63) is 0 Å². The predicted molar refractivity (Wildman–Crippen MR) is 63.9 cm³/mol. The minimum Gasteiger partial charge on any atom is -0.444 e. The Hall–Kier alpha value is -0.810. The van der Waals surface area contributed by atoms with Crippen LogP contribution in [0.25, 0.3) is 0 Å². The highest BCUT2D eigenvalue weighted by Gasteiger charge is 2.42. The summed E-state index contributed by atoms with van der Waals surface area (Å²) >= 11 is 0. The van der Waals surface area contributed by atoms with Crippen molar-refractivity contribution in [3.8, 4) is 0 Å². The molecule has 1 spiro atoms. The number of hydrogen-bond donors (Lipinski definition) is 1. The summed E-state index contributed by atoms with van der Waals surface area (Å²) in [6.45, 7) is 10.2. The van der Waals surface area contributed by atoms with Crippen LogP contribution in [-0.4, -0.2) is 56.0 Å². The van der Waals surface area contributed by atoms with Gasteiger partial charge in [-0.05, 0) is 20.8 Å². The van der Waals surface area contributed by atoms with Gasteiger partial charge in [-0.2, -0.15) is 0 Å². The van der Waals surface area contributed by atoms with Crippen LogP contribution in [0.5, 0.6) is 0 Å². The smallest absolute Gasteiger partial charge is 0.410 e. The van der Waals surface area contributed by atoms with Crippen LogP contribution in [0.4, 0.5) is 4.79 Å². The zero-order valence-corrected chi connectivity index (χ0v) is 10.9. The number of amides is 1. The topological polar surface area (TPSA) is 50.8 Å². The summed E-state index contributed by atoms with van der Waals surface area (Å²) in [6.07, 6.45) is -0.228. The monoisotopic (exact) mass is 242 g/mol. The third kappa shape index (κ3) is 3.10. The molecule has 2 aliphatic heterocycles. The quantitative estimate of drug-likeness (QED) is 0.684. The average Bonchev–Trinajstić information content (AvgIpc) is 2.35. The average molecular weight is 242 g/mol. The second-order valence-corrected chi connectivity index (χ2v) is 6.06. The first-order valence-electron chi connectivity index (χ1n) is 6.17. The SMILES string of the molecule is CC(C)(C)OC(=O)N1CCOCC2(CNC2)C1. The van der Waals surface area contributed by atoms with Gasteiger partial charge in [0.2, 0.25) is 0 Å². The van der Waals surface area contributed by atoms with Gasteiger partial charge in [0, 0.05) is 31.6 Å². The van der Waals surface area contributed by atoms with Crippen molar-refractivity contribution in [2.45, 2.75) is 26.4 Å². The summed E-state index contributed by atoms with van der Waals surface area (Å²) < 4.78 is 11.0. The second kappa shape index (κ2) is 4.46. The Morgan fingerprint density at radius 1 is 1.41 bits per heavy atom. The first-order valence-corrected chi connectivity index (χ1v) is 6.17. The summed E-state index contributed by atoms with van der Waals surface area (Å²) in [5, 5.41) is 3.25. The highest BCUT2D eigenvalue weighted by atomic mass is 16.6. The van der Waals surface area contributed by atoms with E-state index in [1.54, 1.807) is 4.90 Å². The molecule has 5 nitrogen and oxygen atoms in total. The molecule has 98 valence electrons. The first-order chi connectivity index (χ1) is 7.90. The lowest BCUT2D eigenvalue weighted by Gasteiger charge is -2.43. The molecule has 2 aliphatic rings. The molecule has 2 saturated heterocycles. The predicted octanol–water partition coefficient (Wildman–Crippen LogP) is 0.843. The van der Waals surface area contributed by atoms with Crippen LogP contribution in [0.3, 0.4) is 0 Å². The van der Waals surface area contributed by atoms with Crippen molar-refractivity contribution in [1.82, 2.24) is 10.2 Å². The Labute approximate surface area is 102 Å². The van der Waals surface area contributed by atoms with Gasteiger partial charge in [0.15, 0.2) is 0 Å². The standard InChI is InChI=1S/C12H22N2O3/c1-11(2,3)17-10(15)14-4-5-16-9-12(8-14)6-13-7-12/h13H,4-9H2,1-3H3. The van der Waals surface area contributed by atoms with E-state index in [4.69, 9.17) is 9.47 Å². The maximum absolute atomic E-state index is 12.0. The molecule has 0 unspecified atom stereocenters. The molecule has 0 aromatic rings. The number of nitrogens with one attached hydrogen (secondary N) is 1. The van der Waals surface area contributed by atoms with Crippen LogP contribution in [-0.2, 0) is 9.47 Å². The van der Waals surface area contributed by atoms with Crippen molar-refractivity contribution in [1.29, 1.82) is 0 Å². The minimum absolute atomic E-state index is 0.105. The number of carbonyl (C=O) groups excluding carboxylic acids is 1. The lowest BCUT2D eigenvalue weighted by molar-refractivity contribution is 0.00886. The highest BCUT2D eigenvalue weighted by Crippen LogP contribution is 2.27. The van der Waals surface area contributed by atoms with Gasteiger partial charge in [0.05, 0.1) is 13.2 Å². The molecule has 2 rings (SSSR count). The summed E-state index contributed by atoms with van der Waals surface area (Å²) in [6, 6.07) is 0. The van der Waals surface area contributed by atoms with E-state index in [2.05, 4.69) is 5.32 Å². The van der Waals surface area contributed by atoms with E-state index in [1.165, 1.54) is 0 Å². The van der Waals surface area contributed by atoms with Crippen LogP contribution in [0.15, 0.2) is 0 Å². The molecule has 0 bridgehead atoms. The van der Waals surface area contributed by atoms with Gasteiger partial charge in [0.1, 0.15) is 5.60 Å². The Morgan fingerprint density at radius 2 is 2.12 bits per heavy atom. The van der Waals surface area contributed by atoms with Gasteiger partial charge in [-0.3, -0.25) is 0 Å². The number of carbonyl (C=O) groups is 1. The third-order valence-electron chi connectivity index (χ3n) is 3.09. The number of rotatable bonds is 0. The molecule has 1 amide bonds. The minimum atomic E-state index is -0.435.